The Balaban J connectivity index is 2.28. The van der Waals surface area contributed by atoms with Gasteiger partial charge in [0.2, 0.25) is 0 Å². The van der Waals surface area contributed by atoms with Gasteiger partial charge in [-0.2, -0.15) is 0 Å². The fourth-order valence-corrected chi connectivity index (χ4v) is 3.87. The molecule has 39 heavy (non-hydrogen) atoms. The van der Waals surface area contributed by atoms with E-state index in [0.717, 1.165) is 12.1 Å². The summed E-state index contributed by atoms with van der Waals surface area (Å²) in [5, 5.41) is 5.87. The number of halogens is 3. The molecule has 2 aromatic carbocycles. The second-order valence-electron chi connectivity index (χ2n) is 8.20. The number of anilines is 1. The van der Waals surface area contributed by atoms with E-state index in [1.807, 2.05) is 0 Å². The van der Waals surface area contributed by atoms with E-state index in [9.17, 15) is 14.0 Å². The molecule has 0 aliphatic carbocycles. The first-order valence-corrected chi connectivity index (χ1v) is 12.5. The Kier molecular flexibility index (Phi) is 12.8. The third-order valence-corrected chi connectivity index (χ3v) is 5.57. The van der Waals surface area contributed by atoms with Crippen LogP contribution in [0.3, 0.4) is 0 Å². The second-order valence-corrected chi connectivity index (χ2v) is 8.20. The monoisotopic (exact) mass is 545 g/mol. The molecule has 0 amide bonds. The lowest BCUT2D eigenvalue weighted by Gasteiger charge is -2.27. The Morgan fingerprint density at radius 2 is 1.77 bits per heavy atom. The summed E-state index contributed by atoms with van der Waals surface area (Å²) in [6.07, 6.45) is 5.62. The van der Waals surface area contributed by atoms with Crippen LogP contribution in [0, 0.1) is 17.5 Å². The van der Waals surface area contributed by atoms with Crippen molar-refractivity contribution in [1.82, 2.24) is 10.6 Å². The van der Waals surface area contributed by atoms with Gasteiger partial charge < -0.3 is 25.0 Å². The molecule has 0 spiro atoms. The molecule has 0 heterocycles. The van der Waals surface area contributed by atoms with E-state index < -0.39 is 17.5 Å². The Labute approximate surface area is 227 Å². The average molecular weight is 546 g/mol. The Bertz CT molecular complexity index is 1190. The molecule has 0 aliphatic heterocycles. The van der Waals surface area contributed by atoms with E-state index in [4.69, 9.17) is 9.47 Å². The van der Waals surface area contributed by atoms with Crippen molar-refractivity contribution in [3.8, 4) is 5.75 Å². The Morgan fingerprint density at radius 3 is 2.33 bits per heavy atom. The lowest BCUT2D eigenvalue weighted by molar-refractivity contribution is -0.142. The van der Waals surface area contributed by atoms with Crippen LogP contribution in [-0.2, 0) is 14.3 Å². The van der Waals surface area contributed by atoms with Crippen molar-refractivity contribution < 1.29 is 32.2 Å². The molecule has 10 heteroatoms. The van der Waals surface area contributed by atoms with Crippen molar-refractivity contribution in [3.05, 3.63) is 89.0 Å². The predicted molar refractivity (Wildman–Crippen MR) is 146 cm³/mol. The zero-order valence-electron chi connectivity index (χ0n) is 22.5. The van der Waals surface area contributed by atoms with Gasteiger partial charge in [-0.15, -0.1) is 0 Å². The molecule has 0 aliphatic rings. The van der Waals surface area contributed by atoms with Gasteiger partial charge in [0.25, 0.3) is 0 Å². The first kappa shape index (κ1) is 31.2. The van der Waals surface area contributed by atoms with Gasteiger partial charge in [0.15, 0.2) is 11.6 Å². The highest BCUT2D eigenvalue weighted by Crippen LogP contribution is 2.33. The van der Waals surface area contributed by atoms with Crippen LogP contribution < -0.4 is 20.3 Å². The second kappa shape index (κ2) is 16.0. The molecule has 2 N–H and O–H groups in total. The minimum Gasteiger partial charge on any atom is -0.493 e. The van der Waals surface area contributed by atoms with Gasteiger partial charge in [-0.3, -0.25) is 9.59 Å². The van der Waals surface area contributed by atoms with Gasteiger partial charge in [-0.25, -0.2) is 13.2 Å². The normalized spacial score (nSPS) is 12.2. The highest BCUT2D eigenvalue weighted by atomic mass is 19.1. The maximum Gasteiger partial charge on any atom is 0.319 e. The number of benzene rings is 2. The minimum absolute atomic E-state index is 0.0176. The number of hydrogen-bond acceptors (Lipinski definition) is 7. The van der Waals surface area contributed by atoms with Crippen molar-refractivity contribution in [3.63, 3.8) is 0 Å². The van der Waals surface area contributed by atoms with Gasteiger partial charge in [0.05, 0.1) is 19.8 Å². The molecule has 210 valence electrons. The third kappa shape index (κ3) is 9.03. The summed E-state index contributed by atoms with van der Waals surface area (Å²) < 4.78 is 54.2. The largest absolute Gasteiger partial charge is 0.493 e. The number of hydrogen-bond donors (Lipinski definition) is 2. The molecule has 0 atom stereocenters. The fourth-order valence-electron chi connectivity index (χ4n) is 3.87. The molecule has 0 saturated carbocycles. The molecule has 0 saturated heterocycles. The van der Waals surface area contributed by atoms with Crippen molar-refractivity contribution >= 4 is 23.5 Å². The number of carbonyl (C=O) groups excluding carboxylic acids is 2. The minimum atomic E-state index is -0.858. The third-order valence-electron chi connectivity index (χ3n) is 5.57. The summed E-state index contributed by atoms with van der Waals surface area (Å²) in [5.74, 6) is -2.17. The number of esters is 1. The van der Waals surface area contributed by atoms with Gasteiger partial charge in [0.1, 0.15) is 29.4 Å². The van der Waals surface area contributed by atoms with Crippen LogP contribution in [0.1, 0.15) is 25.8 Å². The van der Waals surface area contributed by atoms with E-state index in [1.165, 1.54) is 36.2 Å². The predicted octanol–water partition coefficient (Wildman–Crippen LogP) is 4.75. The molecular formula is C29H34F3N3O4. The Hall–Kier alpha value is -4.05. The SMILES string of the molecule is C/C=C(C(/C=C\C=O)=C(\NC)N(C)c1c(F)cc(OCCCNCC(=O)OCC)cc1F)\c1ccc(F)cc1. The summed E-state index contributed by atoms with van der Waals surface area (Å²) in [6, 6.07) is 7.94. The lowest BCUT2D eigenvalue weighted by Crippen LogP contribution is -2.29. The molecular weight excluding hydrogens is 511 g/mol. The van der Waals surface area contributed by atoms with Crippen LogP contribution in [0.15, 0.2) is 66.0 Å². The van der Waals surface area contributed by atoms with E-state index in [0.29, 0.717) is 48.4 Å². The molecule has 0 unspecified atom stereocenters. The highest BCUT2D eigenvalue weighted by molar-refractivity contribution is 5.85. The number of aldehydes is 1. The van der Waals surface area contributed by atoms with E-state index >= 15 is 8.78 Å². The summed E-state index contributed by atoms with van der Waals surface area (Å²) in [7, 11) is 3.07. The molecule has 0 radical (unpaired) electrons. The van der Waals surface area contributed by atoms with Crippen LogP contribution in [0.2, 0.25) is 0 Å². The van der Waals surface area contributed by atoms with E-state index in [2.05, 4.69) is 10.6 Å². The van der Waals surface area contributed by atoms with Crippen LogP contribution in [0.4, 0.5) is 18.9 Å². The summed E-state index contributed by atoms with van der Waals surface area (Å²) in [4.78, 5) is 23.7. The van der Waals surface area contributed by atoms with Gasteiger partial charge >= 0.3 is 5.97 Å². The van der Waals surface area contributed by atoms with Crippen LogP contribution in [0.5, 0.6) is 5.75 Å². The molecule has 7 nitrogen and oxygen atoms in total. The first-order valence-electron chi connectivity index (χ1n) is 12.5. The van der Waals surface area contributed by atoms with E-state index in [1.54, 1.807) is 39.1 Å². The van der Waals surface area contributed by atoms with Gasteiger partial charge in [-0.05, 0) is 62.2 Å². The van der Waals surface area contributed by atoms with E-state index in [-0.39, 0.29) is 30.6 Å². The average Bonchev–Trinajstić information content (AvgIpc) is 2.90. The van der Waals surface area contributed by atoms with Crippen molar-refractivity contribution in [2.45, 2.75) is 20.3 Å². The summed E-state index contributed by atoms with van der Waals surface area (Å²) >= 11 is 0. The lowest BCUT2D eigenvalue weighted by atomic mass is 9.96. The highest BCUT2D eigenvalue weighted by Gasteiger charge is 2.22. The van der Waals surface area contributed by atoms with Crippen molar-refractivity contribution in [1.29, 1.82) is 0 Å². The molecule has 2 aromatic rings. The summed E-state index contributed by atoms with van der Waals surface area (Å²) in [5.41, 5.74) is 1.37. The molecule has 0 fully saturated rings. The zero-order valence-corrected chi connectivity index (χ0v) is 22.5. The number of carbonyl (C=O) groups is 2. The van der Waals surface area contributed by atoms with Crippen LogP contribution in [0.25, 0.3) is 5.57 Å². The number of ether oxygens (including phenoxy) is 2. The Morgan fingerprint density at radius 1 is 1.10 bits per heavy atom. The number of rotatable bonds is 15. The van der Waals surface area contributed by atoms with Crippen LogP contribution in [-0.4, -0.2) is 52.7 Å². The number of nitrogens with one attached hydrogen (secondary N) is 2. The molecule has 0 bridgehead atoms. The van der Waals surface area contributed by atoms with Crippen molar-refractivity contribution in [2.24, 2.45) is 0 Å². The molecule has 2 rings (SSSR count). The first-order chi connectivity index (χ1) is 18.8. The maximum atomic E-state index is 15.2. The van der Waals surface area contributed by atoms with Crippen molar-refractivity contribution in [2.75, 3.05) is 45.3 Å². The standard InChI is InChI=1S/C29H34F3N3O4/c1-5-23(20-10-12-21(30)13-11-20)24(9-7-15-36)29(33-3)35(4)28-25(31)17-22(18-26(28)32)39-16-8-14-34-19-27(37)38-6-2/h5,7,9-13,15,17-18,33-34H,6,8,14,16,19H2,1-4H3/b9-7-,23-5+,29-24+. The van der Waals surface area contributed by atoms with Gasteiger partial charge in [-0.1, -0.05) is 18.2 Å². The quantitative estimate of drug-likeness (QED) is 0.110. The van der Waals surface area contributed by atoms with Crippen LogP contribution >= 0.6 is 0 Å². The molecule has 0 aromatic heterocycles. The van der Waals surface area contributed by atoms with Gasteiger partial charge in [0, 0.05) is 31.8 Å². The fraction of sp³-hybridized carbons (Fsp3) is 0.310. The smallest absolute Gasteiger partial charge is 0.319 e. The summed E-state index contributed by atoms with van der Waals surface area (Å²) in [6.45, 7) is 4.49. The number of allylic oxidation sites excluding steroid dienone is 5. The zero-order chi connectivity index (χ0) is 28.8. The topological polar surface area (TPSA) is 79.9 Å². The maximum absolute atomic E-state index is 15.2. The number of nitrogens with zero attached hydrogens (tertiary/aromatic N) is 1.